The molecule has 1 aromatic carbocycles. The zero-order valence-corrected chi connectivity index (χ0v) is 6.78. The summed E-state index contributed by atoms with van der Waals surface area (Å²) in [6.45, 7) is 0. The fourth-order valence-corrected chi connectivity index (χ4v) is 1.21. The highest BCUT2D eigenvalue weighted by atomic mass is 32.2. The third-order valence-corrected chi connectivity index (χ3v) is 2.16. The van der Waals surface area contributed by atoms with Gasteiger partial charge < -0.3 is 5.73 Å². The van der Waals surface area contributed by atoms with Crippen LogP contribution in [0.25, 0.3) is 0 Å². The third kappa shape index (κ3) is 1.79. The second kappa shape index (κ2) is 3.31. The maximum atomic E-state index is 10.8. The van der Waals surface area contributed by atoms with Gasteiger partial charge in [-0.3, -0.25) is 0 Å². The van der Waals surface area contributed by atoms with Crippen molar-refractivity contribution in [1.82, 2.24) is 0 Å². The van der Waals surface area contributed by atoms with Crippen molar-refractivity contribution in [2.24, 2.45) is 0 Å². The van der Waals surface area contributed by atoms with Crippen molar-refractivity contribution in [3.8, 4) is 0 Å². The van der Waals surface area contributed by atoms with Crippen LogP contribution >= 0.6 is 0 Å². The van der Waals surface area contributed by atoms with Crippen LogP contribution in [0.3, 0.4) is 0 Å². The Balaban J connectivity index is 2.98. The van der Waals surface area contributed by atoms with Crippen LogP contribution in [0.2, 0.25) is 0 Å². The lowest BCUT2D eigenvalue weighted by Crippen LogP contribution is -2.03. The minimum Gasteiger partial charge on any atom is -0.399 e. The number of benzene rings is 1. The monoisotopic (exact) mass is 186 g/mol. The summed E-state index contributed by atoms with van der Waals surface area (Å²) in [6.07, 6.45) is 0. The highest BCUT2D eigenvalue weighted by Gasteiger charge is 2.14. The molecule has 6 heteroatoms. The van der Waals surface area contributed by atoms with Gasteiger partial charge in [-0.2, -0.15) is 4.21 Å². The largest absolute Gasteiger partial charge is 0.399 e. The van der Waals surface area contributed by atoms with E-state index in [2.05, 4.69) is 0 Å². The molecule has 0 amide bonds. The van der Waals surface area contributed by atoms with Gasteiger partial charge in [-0.1, -0.05) is 0 Å². The molecule has 1 rings (SSSR count). The summed E-state index contributed by atoms with van der Waals surface area (Å²) in [5.74, 6) is 0. The molecule has 0 heterocycles. The minimum atomic E-state index is -2.18. The maximum Gasteiger partial charge on any atom is 0.374 e. The lowest BCUT2D eigenvalue weighted by atomic mass is 10.3. The minimum absolute atomic E-state index is 0.147. The zero-order chi connectivity index (χ0) is 9.14. The van der Waals surface area contributed by atoms with Gasteiger partial charge in [0.25, 0.3) is 0 Å². The first kappa shape index (κ1) is 8.66. The van der Waals surface area contributed by atoms with Crippen LogP contribution < -0.4 is 5.73 Å². The van der Waals surface area contributed by atoms with Gasteiger partial charge in [-0.15, -0.1) is 0 Å². The zero-order valence-electron chi connectivity index (χ0n) is 5.97. The molecule has 0 saturated heterocycles. The predicted molar refractivity (Wildman–Crippen MR) is 44.3 cm³/mol. The number of rotatable bonds is 2. The van der Waals surface area contributed by atoms with Crippen molar-refractivity contribution >= 4 is 16.7 Å². The molecule has 64 valence electrons. The maximum absolute atomic E-state index is 10.8. The Hall–Kier alpha value is -1.43. The summed E-state index contributed by atoms with van der Waals surface area (Å²) in [7, 11) is -2.18. The Morgan fingerprint density at radius 2 is 1.83 bits per heavy atom. The van der Waals surface area contributed by atoms with Crippen molar-refractivity contribution < 1.29 is 8.54 Å². The number of nitrogen functional groups attached to an aromatic ring is 1. The van der Waals surface area contributed by atoms with E-state index in [4.69, 9.17) is 5.73 Å². The van der Waals surface area contributed by atoms with Crippen molar-refractivity contribution in [1.29, 1.82) is 0 Å². The molecule has 0 aromatic heterocycles. The van der Waals surface area contributed by atoms with E-state index >= 15 is 0 Å². The Morgan fingerprint density at radius 1 is 1.33 bits per heavy atom. The molecular formula is C6H6N2O3S. The number of hydrogen-bond donors (Lipinski definition) is 1. The van der Waals surface area contributed by atoms with E-state index < -0.39 is 15.3 Å². The van der Waals surface area contributed by atoms with Gasteiger partial charge in [0, 0.05) is 5.69 Å². The Labute approximate surface area is 70.9 Å². The average molecular weight is 186 g/mol. The summed E-state index contributed by atoms with van der Waals surface area (Å²) in [5, 5.41) is 10.1. The van der Waals surface area contributed by atoms with Crippen LogP contribution in [0.4, 0.5) is 5.69 Å². The van der Waals surface area contributed by atoms with Gasteiger partial charge in [-0.25, -0.2) is 10.1 Å². The number of hydrogen-bond acceptors (Lipinski definition) is 4. The molecular weight excluding hydrogens is 180 g/mol. The lowest BCUT2D eigenvalue weighted by Gasteiger charge is -1.93. The normalized spacial score (nSPS) is 12.3. The van der Waals surface area contributed by atoms with E-state index in [9.17, 15) is 14.3 Å². The number of nitrogens with zero attached hydrogens (tertiary/aromatic N) is 1. The first-order chi connectivity index (χ1) is 5.61. The first-order valence-corrected chi connectivity index (χ1v) is 4.14. The highest BCUT2D eigenvalue weighted by Crippen LogP contribution is 2.09. The van der Waals surface area contributed by atoms with Gasteiger partial charge in [0.05, 0.1) is 0 Å². The Morgan fingerprint density at radius 3 is 2.25 bits per heavy atom. The molecule has 0 bridgehead atoms. The molecule has 0 radical (unpaired) electrons. The van der Waals surface area contributed by atoms with Crippen LogP contribution in [-0.4, -0.2) is 8.54 Å². The van der Waals surface area contributed by atoms with Gasteiger partial charge in [0.1, 0.15) is 9.22 Å². The van der Waals surface area contributed by atoms with Crippen LogP contribution in [-0.2, 0) is 11.0 Å². The molecule has 0 aliphatic rings. The van der Waals surface area contributed by atoms with Gasteiger partial charge in [0.2, 0.25) is 0 Å². The van der Waals surface area contributed by atoms with E-state index in [0.717, 1.165) is 0 Å². The predicted octanol–water partition coefficient (Wildman–Crippen LogP) is 0.568. The van der Waals surface area contributed by atoms with Crippen molar-refractivity contribution in [3.63, 3.8) is 0 Å². The second-order valence-electron chi connectivity index (χ2n) is 2.04. The highest BCUT2D eigenvalue weighted by molar-refractivity contribution is 7.78. The third-order valence-electron chi connectivity index (χ3n) is 1.22. The summed E-state index contributed by atoms with van der Waals surface area (Å²) in [6, 6.07) is 5.68. The van der Waals surface area contributed by atoms with E-state index in [1.54, 1.807) is 0 Å². The summed E-state index contributed by atoms with van der Waals surface area (Å²) in [5.41, 5.74) is 5.82. The average Bonchev–Trinajstić information content (AvgIpc) is 2.04. The van der Waals surface area contributed by atoms with Gasteiger partial charge in [-0.05, 0) is 24.3 Å². The first-order valence-electron chi connectivity index (χ1n) is 3.03. The van der Waals surface area contributed by atoms with E-state index in [-0.39, 0.29) is 4.90 Å². The van der Waals surface area contributed by atoms with Crippen LogP contribution in [0.1, 0.15) is 0 Å². The fourth-order valence-electron chi connectivity index (χ4n) is 0.670. The SMILES string of the molecule is Nc1ccc(S(=O)[N+](=O)[O-])cc1. The second-order valence-corrected chi connectivity index (χ2v) is 3.31. The molecule has 2 N–H and O–H groups in total. The topological polar surface area (TPSA) is 86.2 Å². The van der Waals surface area contributed by atoms with Crippen molar-refractivity contribution in [3.05, 3.63) is 34.4 Å². The van der Waals surface area contributed by atoms with E-state index in [1.165, 1.54) is 24.3 Å². The van der Waals surface area contributed by atoms with Crippen molar-refractivity contribution in [2.45, 2.75) is 4.90 Å². The molecule has 0 fully saturated rings. The summed E-state index contributed by atoms with van der Waals surface area (Å²) in [4.78, 5) is 10.2. The van der Waals surface area contributed by atoms with E-state index in [0.29, 0.717) is 5.69 Å². The molecule has 12 heavy (non-hydrogen) atoms. The Bertz CT molecular complexity index is 322. The number of nitro groups is 1. The molecule has 0 spiro atoms. The molecule has 0 saturated carbocycles. The molecule has 1 aromatic rings. The van der Waals surface area contributed by atoms with Crippen LogP contribution in [0.15, 0.2) is 29.2 Å². The Kier molecular flexibility index (Phi) is 2.39. The van der Waals surface area contributed by atoms with Gasteiger partial charge in [0.15, 0.2) is 0 Å². The quantitative estimate of drug-likeness (QED) is 0.415. The standard InChI is InChI=1S/C6H6N2O3S/c7-5-1-3-6(4-2-5)12(11)8(9)10/h1-4H,7H2. The van der Waals surface area contributed by atoms with Crippen molar-refractivity contribution in [2.75, 3.05) is 5.73 Å². The molecule has 1 atom stereocenters. The molecule has 5 nitrogen and oxygen atoms in total. The van der Waals surface area contributed by atoms with Crippen LogP contribution in [0.5, 0.6) is 0 Å². The van der Waals surface area contributed by atoms with Crippen LogP contribution in [0, 0.1) is 10.1 Å². The fraction of sp³-hybridized carbons (Fsp3) is 0. The number of anilines is 1. The summed E-state index contributed by atoms with van der Waals surface area (Å²) < 4.78 is 9.97. The molecule has 0 aliphatic carbocycles. The smallest absolute Gasteiger partial charge is 0.374 e. The van der Waals surface area contributed by atoms with Gasteiger partial charge >= 0.3 is 11.0 Å². The lowest BCUT2D eigenvalue weighted by molar-refractivity contribution is -0.296. The molecule has 1 unspecified atom stereocenters. The molecule has 0 aliphatic heterocycles. The summed E-state index contributed by atoms with van der Waals surface area (Å²) >= 11 is 0. The van der Waals surface area contributed by atoms with E-state index in [1.807, 2.05) is 0 Å². The number of nitrogens with two attached hydrogens (primary N) is 1.